The third kappa shape index (κ3) is 3.34. The fourth-order valence-electron chi connectivity index (χ4n) is 2.60. The summed E-state index contributed by atoms with van der Waals surface area (Å²) >= 11 is 0. The molecule has 19 heavy (non-hydrogen) atoms. The maximum Gasteiger partial charge on any atom is 0.335 e. The Balaban J connectivity index is 2.11. The molecule has 1 saturated carbocycles. The van der Waals surface area contributed by atoms with Crippen LogP contribution in [0.15, 0.2) is 24.3 Å². The zero-order valence-electron chi connectivity index (χ0n) is 11.1. The van der Waals surface area contributed by atoms with Crippen molar-refractivity contribution in [3.63, 3.8) is 0 Å². The van der Waals surface area contributed by atoms with E-state index in [4.69, 9.17) is 5.11 Å². The molecule has 1 aliphatic rings. The van der Waals surface area contributed by atoms with Gasteiger partial charge in [-0.3, -0.25) is 4.79 Å². The zero-order chi connectivity index (χ0) is 13.9. The minimum absolute atomic E-state index is 0.140. The number of carboxylic acid groups (broad SMARTS) is 1. The Morgan fingerprint density at radius 2 is 1.79 bits per heavy atom. The average Bonchev–Trinajstić information content (AvgIpc) is 2.39. The average molecular weight is 261 g/mol. The van der Waals surface area contributed by atoms with Gasteiger partial charge in [0.1, 0.15) is 0 Å². The van der Waals surface area contributed by atoms with Gasteiger partial charge in [0.05, 0.1) is 5.56 Å². The second kappa shape index (κ2) is 5.43. The van der Waals surface area contributed by atoms with E-state index in [-0.39, 0.29) is 17.0 Å². The topological polar surface area (TPSA) is 66.4 Å². The highest BCUT2D eigenvalue weighted by atomic mass is 16.4. The molecule has 1 amide bonds. The fourth-order valence-corrected chi connectivity index (χ4v) is 2.60. The number of nitrogens with one attached hydrogen (secondary N) is 1. The van der Waals surface area contributed by atoms with E-state index in [0.717, 1.165) is 25.7 Å². The van der Waals surface area contributed by atoms with Crippen molar-refractivity contribution >= 4 is 11.9 Å². The predicted molar refractivity (Wildman–Crippen MR) is 72.4 cm³/mol. The van der Waals surface area contributed by atoms with Gasteiger partial charge >= 0.3 is 5.97 Å². The Morgan fingerprint density at radius 3 is 2.42 bits per heavy atom. The Bertz CT molecular complexity index is 490. The van der Waals surface area contributed by atoms with Gasteiger partial charge in [-0.2, -0.15) is 0 Å². The summed E-state index contributed by atoms with van der Waals surface area (Å²) in [7, 11) is 0. The lowest BCUT2D eigenvalue weighted by atomic mass is 9.83. The van der Waals surface area contributed by atoms with E-state index in [0.29, 0.717) is 5.56 Å². The van der Waals surface area contributed by atoms with Crippen LogP contribution in [0.4, 0.5) is 0 Å². The van der Waals surface area contributed by atoms with E-state index in [1.807, 2.05) is 0 Å². The van der Waals surface area contributed by atoms with Crippen LogP contribution in [-0.2, 0) is 0 Å². The third-order valence-corrected chi connectivity index (χ3v) is 3.74. The summed E-state index contributed by atoms with van der Waals surface area (Å²) in [6, 6.07) is 6.15. The summed E-state index contributed by atoms with van der Waals surface area (Å²) in [5, 5.41) is 12.0. The second-order valence-electron chi connectivity index (χ2n) is 5.46. The van der Waals surface area contributed by atoms with Crippen LogP contribution in [0.1, 0.15) is 59.7 Å². The molecule has 0 radical (unpaired) electrons. The number of carbonyl (C=O) groups excluding carboxylic acids is 1. The monoisotopic (exact) mass is 261 g/mol. The molecule has 0 bridgehead atoms. The van der Waals surface area contributed by atoms with Gasteiger partial charge in [-0.25, -0.2) is 4.79 Å². The molecule has 2 rings (SSSR count). The molecule has 0 aromatic heterocycles. The van der Waals surface area contributed by atoms with E-state index in [9.17, 15) is 9.59 Å². The van der Waals surface area contributed by atoms with Crippen molar-refractivity contribution in [2.45, 2.75) is 44.6 Å². The van der Waals surface area contributed by atoms with Gasteiger partial charge in [0, 0.05) is 11.1 Å². The lowest BCUT2D eigenvalue weighted by Gasteiger charge is -2.34. The summed E-state index contributed by atoms with van der Waals surface area (Å²) in [6.45, 7) is 2.06. The molecule has 1 aliphatic carbocycles. The van der Waals surface area contributed by atoms with Crippen LogP contribution in [0, 0.1) is 0 Å². The number of rotatable bonds is 3. The highest BCUT2D eigenvalue weighted by Crippen LogP contribution is 2.27. The van der Waals surface area contributed by atoms with Crippen LogP contribution in [0.25, 0.3) is 0 Å². The van der Waals surface area contributed by atoms with Crippen molar-refractivity contribution in [3.05, 3.63) is 35.4 Å². The first-order valence-electron chi connectivity index (χ1n) is 6.66. The second-order valence-corrected chi connectivity index (χ2v) is 5.46. The summed E-state index contributed by atoms with van der Waals surface area (Å²) in [4.78, 5) is 23.1. The van der Waals surface area contributed by atoms with Crippen LogP contribution in [0.5, 0.6) is 0 Å². The Labute approximate surface area is 112 Å². The van der Waals surface area contributed by atoms with Crippen molar-refractivity contribution in [2.24, 2.45) is 0 Å². The summed E-state index contributed by atoms with van der Waals surface area (Å²) < 4.78 is 0. The summed E-state index contributed by atoms with van der Waals surface area (Å²) in [5.74, 6) is -1.20. The molecule has 0 unspecified atom stereocenters. The smallest absolute Gasteiger partial charge is 0.335 e. The number of benzene rings is 1. The van der Waals surface area contributed by atoms with Gasteiger partial charge in [-0.05, 0) is 38.0 Å². The molecule has 0 atom stereocenters. The molecule has 102 valence electrons. The molecule has 1 aromatic carbocycles. The first kappa shape index (κ1) is 13.6. The molecule has 1 aromatic rings. The van der Waals surface area contributed by atoms with Gasteiger partial charge in [0.2, 0.25) is 0 Å². The van der Waals surface area contributed by atoms with Gasteiger partial charge in [-0.15, -0.1) is 0 Å². The summed E-state index contributed by atoms with van der Waals surface area (Å²) in [6.07, 6.45) is 5.45. The van der Waals surface area contributed by atoms with E-state index in [2.05, 4.69) is 12.2 Å². The van der Waals surface area contributed by atoms with Crippen molar-refractivity contribution in [1.29, 1.82) is 0 Å². The largest absolute Gasteiger partial charge is 0.478 e. The van der Waals surface area contributed by atoms with Gasteiger partial charge < -0.3 is 10.4 Å². The van der Waals surface area contributed by atoms with Crippen LogP contribution in [0.2, 0.25) is 0 Å². The maximum absolute atomic E-state index is 12.2. The SMILES string of the molecule is CC1(NC(=O)c2cccc(C(=O)O)c2)CCCCC1. The van der Waals surface area contributed by atoms with Crippen LogP contribution >= 0.6 is 0 Å². The van der Waals surface area contributed by atoms with Crippen molar-refractivity contribution in [2.75, 3.05) is 0 Å². The molecule has 2 N–H and O–H groups in total. The minimum Gasteiger partial charge on any atom is -0.478 e. The first-order valence-corrected chi connectivity index (χ1v) is 6.66. The maximum atomic E-state index is 12.2. The number of hydrogen-bond acceptors (Lipinski definition) is 2. The van der Waals surface area contributed by atoms with Crippen molar-refractivity contribution in [3.8, 4) is 0 Å². The number of aromatic carboxylic acids is 1. The van der Waals surface area contributed by atoms with E-state index in [1.165, 1.54) is 18.6 Å². The van der Waals surface area contributed by atoms with Crippen molar-refractivity contribution in [1.82, 2.24) is 5.32 Å². The molecular weight excluding hydrogens is 242 g/mol. The molecule has 0 saturated heterocycles. The number of hydrogen-bond donors (Lipinski definition) is 2. The van der Waals surface area contributed by atoms with E-state index >= 15 is 0 Å². The minimum atomic E-state index is -1.02. The van der Waals surface area contributed by atoms with Crippen LogP contribution < -0.4 is 5.32 Å². The lowest BCUT2D eigenvalue weighted by Crippen LogP contribution is -2.47. The molecule has 0 spiro atoms. The Kier molecular flexibility index (Phi) is 3.88. The highest BCUT2D eigenvalue weighted by Gasteiger charge is 2.28. The highest BCUT2D eigenvalue weighted by molar-refractivity contribution is 5.97. The molecule has 4 nitrogen and oxygen atoms in total. The standard InChI is InChI=1S/C15H19NO3/c1-15(8-3-2-4-9-15)16-13(17)11-6-5-7-12(10-11)14(18)19/h5-7,10H,2-4,8-9H2,1H3,(H,16,17)(H,18,19). The van der Waals surface area contributed by atoms with Crippen LogP contribution in [-0.4, -0.2) is 22.5 Å². The molecule has 0 heterocycles. The molecule has 0 aliphatic heterocycles. The zero-order valence-corrected chi connectivity index (χ0v) is 11.1. The fraction of sp³-hybridized carbons (Fsp3) is 0.467. The molecule has 1 fully saturated rings. The quantitative estimate of drug-likeness (QED) is 0.879. The Morgan fingerprint density at radius 1 is 1.16 bits per heavy atom. The first-order chi connectivity index (χ1) is 9.00. The number of carboxylic acids is 1. The number of carbonyl (C=O) groups is 2. The third-order valence-electron chi connectivity index (χ3n) is 3.74. The predicted octanol–water partition coefficient (Wildman–Crippen LogP) is 2.84. The van der Waals surface area contributed by atoms with Crippen molar-refractivity contribution < 1.29 is 14.7 Å². The summed E-state index contributed by atoms with van der Waals surface area (Å²) in [5.41, 5.74) is 0.391. The molecule has 4 heteroatoms. The van der Waals surface area contributed by atoms with Crippen LogP contribution in [0.3, 0.4) is 0 Å². The normalized spacial score (nSPS) is 17.7. The number of amides is 1. The van der Waals surface area contributed by atoms with Gasteiger partial charge in [0.15, 0.2) is 0 Å². The van der Waals surface area contributed by atoms with Gasteiger partial charge in [-0.1, -0.05) is 25.3 Å². The lowest BCUT2D eigenvalue weighted by molar-refractivity contribution is 0.0697. The van der Waals surface area contributed by atoms with Gasteiger partial charge in [0.25, 0.3) is 5.91 Å². The van der Waals surface area contributed by atoms with E-state index < -0.39 is 5.97 Å². The Hall–Kier alpha value is -1.84. The van der Waals surface area contributed by atoms with E-state index in [1.54, 1.807) is 12.1 Å². The molecular formula is C15H19NO3.